The lowest BCUT2D eigenvalue weighted by molar-refractivity contribution is 0.794. The van der Waals surface area contributed by atoms with Gasteiger partial charge < -0.3 is 0 Å². The Kier molecular flexibility index (Phi) is 3.56. The van der Waals surface area contributed by atoms with Gasteiger partial charge in [-0.15, -0.1) is 0 Å². The smallest absolute Gasteiger partial charge is 0.0616 e. The summed E-state index contributed by atoms with van der Waals surface area (Å²) in [5.41, 5.74) is 13.5. The van der Waals surface area contributed by atoms with Crippen molar-refractivity contribution in [3.8, 4) is 22.3 Å². The van der Waals surface area contributed by atoms with Gasteiger partial charge in [0, 0.05) is 0 Å². The van der Waals surface area contributed by atoms with Crippen molar-refractivity contribution in [2.75, 3.05) is 0 Å². The third-order valence-corrected chi connectivity index (χ3v) is 8.32. The van der Waals surface area contributed by atoms with Crippen LogP contribution in [-0.4, -0.2) is 0 Å². The first-order chi connectivity index (χ1) is 17.1. The molecular weight excluding hydrogens is 420 g/mol. The van der Waals surface area contributed by atoms with Crippen LogP contribution in [-0.2, 0) is 5.41 Å². The topological polar surface area (TPSA) is 0 Å². The average Bonchev–Trinajstić information content (AvgIpc) is 3.31. The average molecular weight is 445 g/mol. The van der Waals surface area contributed by atoms with E-state index in [1.54, 1.807) is 0 Å². The Morgan fingerprint density at radius 3 is 1.17 bits per heavy atom. The highest BCUT2D eigenvalue weighted by atomic mass is 14.5. The summed E-state index contributed by atoms with van der Waals surface area (Å²) < 4.78 is 0. The SMILES string of the molecule is Cc1ccc2c(c1)C1(c3cc(C)ccc3-c3cc4ccccc4cc31)c1cc3ccccc3cc1-2. The predicted octanol–water partition coefficient (Wildman–Crippen LogP) is 8.95. The van der Waals surface area contributed by atoms with Crippen molar-refractivity contribution >= 4 is 21.5 Å². The molecule has 0 aliphatic heterocycles. The molecule has 8 rings (SSSR count). The molecule has 0 N–H and O–H groups in total. The molecule has 0 amide bonds. The van der Waals surface area contributed by atoms with E-state index in [-0.39, 0.29) is 5.41 Å². The number of fused-ring (bicyclic) bond motifs is 12. The molecule has 0 heterocycles. The lowest BCUT2D eigenvalue weighted by atomic mass is 9.69. The van der Waals surface area contributed by atoms with Crippen LogP contribution in [0, 0.1) is 13.8 Å². The summed E-state index contributed by atoms with van der Waals surface area (Å²) in [4.78, 5) is 0. The Hall–Kier alpha value is -4.16. The van der Waals surface area contributed by atoms with Gasteiger partial charge in [0.15, 0.2) is 0 Å². The molecule has 0 nitrogen and oxygen atoms in total. The van der Waals surface area contributed by atoms with Crippen molar-refractivity contribution < 1.29 is 0 Å². The fourth-order valence-electron chi connectivity index (χ4n) is 6.82. The van der Waals surface area contributed by atoms with Gasteiger partial charge in [0.25, 0.3) is 0 Å². The Labute approximate surface area is 205 Å². The maximum Gasteiger partial charge on any atom is 0.0726 e. The van der Waals surface area contributed by atoms with Crippen molar-refractivity contribution in [2.45, 2.75) is 19.3 Å². The van der Waals surface area contributed by atoms with Gasteiger partial charge in [-0.05, 0) is 104 Å². The van der Waals surface area contributed by atoms with Crippen molar-refractivity contribution in [2.24, 2.45) is 0 Å². The molecule has 0 radical (unpaired) electrons. The summed E-state index contributed by atoms with van der Waals surface area (Å²) >= 11 is 0. The molecule has 0 heteroatoms. The van der Waals surface area contributed by atoms with Gasteiger partial charge in [-0.1, -0.05) is 96.1 Å². The Bertz CT molecular complexity index is 1730. The summed E-state index contributed by atoms with van der Waals surface area (Å²) in [6.45, 7) is 4.45. The summed E-state index contributed by atoms with van der Waals surface area (Å²) in [6.07, 6.45) is 0. The molecule has 6 aromatic rings. The molecule has 0 unspecified atom stereocenters. The van der Waals surface area contributed by atoms with Crippen LogP contribution in [0.1, 0.15) is 33.4 Å². The van der Waals surface area contributed by atoms with E-state index >= 15 is 0 Å². The van der Waals surface area contributed by atoms with E-state index in [4.69, 9.17) is 0 Å². The van der Waals surface area contributed by atoms with Crippen LogP contribution in [0.25, 0.3) is 43.8 Å². The maximum atomic E-state index is 2.47. The second-order valence-corrected chi connectivity index (χ2v) is 10.3. The minimum atomic E-state index is -0.304. The summed E-state index contributed by atoms with van der Waals surface area (Å²) in [5.74, 6) is 0. The molecule has 6 aromatic carbocycles. The first-order valence-electron chi connectivity index (χ1n) is 12.4. The van der Waals surface area contributed by atoms with Crippen LogP contribution < -0.4 is 0 Å². The number of benzene rings is 6. The molecule has 2 aliphatic rings. The number of hydrogen-bond donors (Lipinski definition) is 0. The number of rotatable bonds is 0. The van der Waals surface area contributed by atoms with E-state index in [1.165, 1.54) is 77.2 Å². The lowest BCUT2D eigenvalue weighted by Gasteiger charge is -2.31. The summed E-state index contributed by atoms with van der Waals surface area (Å²) in [5, 5.41) is 5.21. The van der Waals surface area contributed by atoms with Crippen molar-refractivity contribution in [1.29, 1.82) is 0 Å². The van der Waals surface area contributed by atoms with Crippen molar-refractivity contribution in [3.63, 3.8) is 0 Å². The Balaban J connectivity index is 1.63. The van der Waals surface area contributed by atoms with Gasteiger partial charge in [-0.3, -0.25) is 0 Å². The number of aryl methyl sites for hydroxylation is 2. The van der Waals surface area contributed by atoms with E-state index in [1.807, 2.05) is 0 Å². The van der Waals surface area contributed by atoms with Crippen molar-refractivity contribution in [3.05, 3.63) is 143 Å². The van der Waals surface area contributed by atoms with Crippen LogP contribution in [0.5, 0.6) is 0 Å². The standard InChI is InChI=1S/C35H24/c1-21-11-13-27-29-17-23-7-3-5-9-25(23)19-33(29)35(31(27)15-21)32-16-22(2)12-14-28(32)30-18-24-8-4-6-10-26(24)20-34(30)35/h3-20H,1-2H3. The van der Waals surface area contributed by atoms with Crippen LogP contribution in [0.2, 0.25) is 0 Å². The minimum Gasteiger partial charge on any atom is -0.0616 e. The molecule has 1 spiro atoms. The molecule has 164 valence electrons. The fraction of sp³-hybridized carbons (Fsp3) is 0.0857. The largest absolute Gasteiger partial charge is 0.0726 e. The fourth-order valence-corrected chi connectivity index (χ4v) is 6.82. The highest BCUT2D eigenvalue weighted by Gasteiger charge is 2.52. The van der Waals surface area contributed by atoms with Crippen LogP contribution >= 0.6 is 0 Å². The zero-order valence-electron chi connectivity index (χ0n) is 19.9. The predicted molar refractivity (Wildman–Crippen MR) is 147 cm³/mol. The van der Waals surface area contributed by atoms with Crippen LogP contribution in [0.3, 0.4) is 0 Å². The van der Waals surface area contributed by atoms with Crippen molar-refractivity contribution in [1.82, 2.24) is 0 Å². The highest BCUT2D eigenvalue weighted by molar-refractivity contribution is 6.02. The van der Waals surface area contributed by atoms with E-state index in [9.17, 15) is 0 Å². The maximum absolute atomic E-state index is 2.47. The molecule has 0 aromatic heterocycles. The van der Waals surface area contributed by atoms with Gasteiger partial charge in [0.1, 0.15) is 0 Å². The van der Waals surface area contributed by atoms with E-state index in [0.29, 0.717) is 0 Å². The molecule has 0 fully saturated rings. The lowest BCUT2D eigenvalue weighted by Crippen LogP contribution is -2.26. The molecule has 0 atom stereocenters. The molecular formula is C35H24. The molecule has 0 saturated heterocycles. The van der Waals surface area contributed by atoms with Crippen LogP contribution in [0.4, 0.5) is 0 Å². The highest BCUT2D eigenvalue weighted by Crippen LogP contribution is 2.63. The quantitative estimate of drug-likeness (QED) is 0.219. The second kappa shape index (κ2) is 6.49. The van der Waals surface area contributed by atoms with Gasteiger partial charge in [-0.25, -0.2) is 0 Å². The third-order valence-electron chi connectivity index (χ3n) is 8.32. The molecule has 35 heavy (non-hydrogen) atoms. The molecule has 0 saturated carbocycles. The van der Waals surface area contributed by atoms with Gasteiger partial charge >= 0.3 is 0 Å². The zero-order valence-corrected chi connectivity index (χ0v) is 19.9. The summed E-state index contributed by atoms with van der Waals surface area (Å²) in [7, 11) is 0. The zero-order chi connectivity index (χ0) is 23.3. The van der Waals surface area contributed by atoms with E-state index < -0.39 is 0 Å². The van der Waals surface area contributed by atoms with Gasteiger partial charge in [0.2, 0.25) is 0 Å². The molecule has 0 bridgehead atoms. The van der Waals surface area contributed by atoms with Crippen LogP contribution in [0.15, 0.2) is 109 Å². The second-order valence-electron chi connectivity index (χ2n) is 10.3. The third kappa shape index (κ3) is 2.32. The molecule has 2 aliphatic carbocycles. The monoisotopic (exact) mass is 444 g/mol. The minimum absolute atomic E-state index is 0.304. The van der Waals surface area contributed by atoms with E-state index in [0.717, 1.165) is 0 Å². The first-order valence-corrected chi connectivity index (χ1v) is 12.4. The first kappa shape index (κ1) is 19.2. The Morgan fingerprint density at radius 1 is 0.371 bits per heavy atom. The normalized spacial score (nSPS) is 14.2. The Morgan fingerprint density at radius 2 is 0.743 bits per heavy atom. The van der Waals surface area contributed by atoms with Gasteiger partial charge in [0.05, 0.1) is 5.41 Å². The van der Waals surface area contributed by atoms with E-state index in [2.05, 4.69) is 123 Å². The summed E-state index contributed by atoms with van der Waals surface area (Å²) in [6, 6.07) is 41.5. The van der Waals surface area contributed by atoms with Gasteiger partial charge in [-0.2, -0.15) is 0 Å². The number of hydrogen-bond acceptors (Lipinski definition) is 0.